The van der Waals surface area contributed by atoms with Gasteiger partial charge in [-0.1, -0.05) is 0 Å². The molecule has 0 radical (unpaired) electrons. The van der Waals surface area contributed by atoms with E-state index < -0.39 is 10.0 Å². The summed E-state index contributed by atoms with van der Waals surface area (Å²) in [7, 11) is -3.77. The van der Waals surface area contributed by atoms with Gasteiger partial charge in [0.1, 0.15) is 0 Å². The quantitative estimate of drug-likeness (QED) is 0.597. The number of nitrogens with zero attached hydrogens (tertiary/aromatic N) is 3. The SMILES string of the molecule is O=C(CCNS(=O)(=O)c1ccc2c(c1)OCCCO2)N1CCN(CC(=O)N2CCCC2)CC1. The molecule has 3 aliphatic rings. The van der Waals surface area contributed by atoms with E-state index in [0.29, 0.717) is 57.4 Å². The van der Waals surface area contributed by atoms with Crippen LogP contribution in [0.4, 0.5) is 0 Å². The Labute approximate surface area is 194 Å². The lowest BCUT2D eigenvalue weighted by Crippen LogP contribution is -2.51. The molecule has 2 amide bonds. The Bertz CT molecular complexity index is 956. The van der Waals surface area contributed by atoms with Crippen LogP contribution in [0.1, 0.15) is 25.7 Å². The lowest BCUT2D eigenvalue weighted by Gasteiger charge is -2.35. The van der Waals surface area contributed by atoms with Crippen LogP contribution in [0, 0.1) is 0 Å². The first-order valence-corrected chi connectivity index (χ1v) is 13.1. The molecule has 33 heavy (non-hydrogen) atoms. The van der Waals surface area contributed by atoms with E-state index in [1.165, 1.54) is 12.1 Å². The van der Waals surface area contributed by atoms with Crippen LogP contribution >= 0.6 is 0 Å². The second-order valence-corrected chi connectivity index (χ2v) is 10.3. The molecular weight excluding hydrogens is 448 g/mol. The molecule has 3 heterocycles. The molecule has 11 heteroatoms. The van der Waals surface area contributed by atoms with Crippen LogP contribution in [-0.2, 0) is 19.6 Å². The molecule has 0 saturated carbocycles. The zero-order valence-electron chi connectivity index (χ0n) is 18.8. The molecule has 2 fully saturated rings. The van der Waals surface area contributed by atoms with Gasteiger partial charge in [0.2, 0.25) is 21.8 Å². The van der Waals surface area contributed by atoms with E-state index in [4.69, 9.17) is 9.47 Å². The second kappa shape index (κ2) is 10.7. The number of rotatable bonds is 7. The second-order valence-electron chi connectivity index (χ2n) is 8.55. The molecule has 0 aliphatic carbocycles. The van der Waals surface area contributed by atoms with Gasteiger partial charge in [0, 0.05) is 64.7 Å². The minimum atomic E-state index is -3.77. The molecular formula is C22H32N4O6S. The van der Waals surface area contributed by atoms with Gasteiger partial charge in [-0.15, -0.1) is 0 Å². The highest BCUT2D eigenvalue weighted by Crippen LogP contribution is 2.31. The van der Waals surface area contributed by atoms with Crippen molar-refractivity contribution in [3.63, 3.8) is 0 Å². The highest BCUT2D eigenvalue weighted by molar-refractivity contribution is 7.89. The number of ether oxygens (including phenoxy) is 2. The molecule has 182 valence electrons. The molecule has 0 unspecified atom stereocenters. The number of carbonyl (C=O) groups is 2. The summed E-state index contributed by atoms with van der Waals surface area (Å²) >= 11 is 0. The first-order valence-electron chi connectivity index (χ1n) is 11.6. The molecule has 0 spiro atoms. The number of likely N-dealkylation sites (tertiary alicyclic amines) is 1. The normalized spacial score (nSPS) is 19.4. The van der Waals surface area contributed by atoms with Crippen molar-refractivity contribution < 1.29 is 27.5 Å². The molecule has 3 aliphatic heterocycles. The lowest BCUT2D eigenvalue weighted by atomic mass is 10.2. The van der Waals surface area contributed by atoms with Crippen LogP contribution in [0.2, 0.25) is 0 Å². The van der Waals surface area contributed by atoms with Gasteiger partial charge in [0.05, 0.1) is 24.7 Å². The average molecular weight is 481 g/mol. The Morgan fingerprint density at radius 3 is 2.24 bits per heavy atom. The third-order valence-electron chi connectivity index (χ3n) is 6.20. The monoisotopic (exact) mass is 480 g/mol. The summed E-state index contributed by atoms with van der Waals surface area (Å²) in [6, 6.07) is 4.52. The number of sulfonamides is 1. The van der Waals surface area contributed by atoms with Crippen molar-refractivity contribution in [2.45, 2.75) is 30.6 Å². The molecule has 1 N–H and O–H groups in total. The maximum Gasteiger partial charge on any atom is 0.240 e. The predicted octanol–water partition coefficient (Wildman–Crippen LogP) is 0.283. The van der Waals surface area contributed by atoms with Crippen molar-refractivity contribution in [2.24, 2.45) is 0 Å². The van der Waals surface area contributed by atoms with E-state index in [9.17, 15) is 18.0 Å². The molecule has 0 atom stereocenters. The van der Waals surface area contributed by atoms with Crippen LogP contribution in [0.25, 0.3) is 0 Å². The summed E-state index contributed by atoms with van der Waals surface area (Å²) in [5.74, 6) is 1.01. The maximum absolute atomic E-state index is 12.6. The molecule has 10 nitrogen and oxygen atoms in total. The van der Waals surface area contributed by atoms with Gasteiger partial charge < -0.3 is 19.3 Å². The minimum absolute atomic E-state index is 0.0171. The van der Waals surface area contributed by atoms with Gasteiger partial charge in [-0.2, -0.15) is 0 Å². The molecule has 1 aromatic rings. The van der Waals surface area contributed by atoms with Crippen LogP contribution in [0.5, 0.6) is 11.5 Å². The molecule has 2 saturated heterocycles. The number of piperazine rings is 1. The fourth-order valence-electron chi connectivity index (χ4n) is 4.26. The fraction of sp³-hybridized carbons (Fsp3) is 0.636. The van der Waals surface area contributed by atoms with Gasteiger partial charge >= 0.3 is 0 Å². The summed E-state index contributed by atoms with van der Waals surface area (Å²) < 4.78 is 38.9. The minimum Gasteiger partial charge on any atom is -0.490 e. The zero-order chi connectivity index (χ0) is 23.3. The molecule has 0 bridgehead atoms. The third-order valence-corrected chi connectivity index (χ3v) is 7.66. The Balaban J connectivity index is 1.21. The van der Waals surface area contributed by atoms with Crippen molar-refractivity contribution in [3.8, 4) is 11.5 Å². The highest BCUT2D eigenvalue weighted by atomic mass is 32.2. The van der Waals surface area contributed by atoms with Crippen LogP contribution < -0.4 is 14.2 Å². The number of benzene rings is 1. The molecule has 1 aromatic carbocycles. The topological polar surface area (TPSA) is 108 Å². The van der Waals surface area contributed by atoms with Crippen LogP contribution in [0.3, 0.4) is 0 Å². The number of hydrogen-bond acceptors (Lipinski definition) is 7. The average Bonchev–Trinajstić information content (AvgIpc) is 3.25. The Morgan fingerprint density at radius 1 is 0.848 bits per heavy atom. The summed E-state index contributed by atoms with van der Waals surface area (Å²) in [6.45, 7) is 5.49. The van der Waals surface area contributed by atoms with Gasteiger partial charge in [0.15, 0.2) is 11.5 Å². The van der Waals surface area contributed by atoms with Crippen molar-refractivity contribution in [3.05, 3.63) is 18.2 Å². The number of carbonyl (C=O) groups excluding carboxylic acids is 2. The van der Waals surface area contributed by atoms with Gasteiger partial charge in [-0.05, 0) is 25.0 Å². The number of hydrogen-bond donors (Lipinski definition) is 1. The van der Waals surface area contributed by atoms with Gasteiger partial charge in [-0.3, -0.25) is 14.5 Å². The summed E-state index contributed by atoms with van der Waals surface area (Å²) in [6.07, 6.45) is 2.97. The number of fused-ring (bicyclic) bond motifs is 1. The Kier molecular flexibility index (Phi) is 7.71. The highest BCUT2D eigenvalue weighted by Gasteiger charge is 2.25. The number of amides is 2. The third kappa shape index (κ3) is 6.15. The smallest absolute Gasteiger partial charge is 0.240 e. The summed E-state index contributed by atoms with van der Waals surface area (Å²) in [5.41, 5.74) is 0. The molecule has 4 rings (SSSR count). The summed E-state index contributed by atoms with van der Waals surface area (Å²) in [4.78, 5) is 30.7. The van der Waals surface area contributed by atoms with Crippen LogP contribution in [0.15, 0.2) is 23.1 Å². The van der Waals surface area contributed by atoms with Crippen molar-refractivity contribution in [1.29, 1.82) is 0 Å². The van der Waals surface area contributed by atoms with E-state index in [0.717, 1.165) is 32.4 Å². The fourth-order valence-corrected chi connectivity index (χ4v) is 5.30. The van der Waals surface area contributed by atoms with Gasteiger partial charge in [0.25, 0.3) is 0 Å². The number of nitrogens with one attached hydrogen (secondary N) is 1. The van der Waals surface area contributed by atoms with Crippen molar-refractivity contribution >= 4 is 21.8 Å². The Hall–Kier alpha value is -2.37. The largest absolute Gasteiger partial charge is 0.490 e. The predicted molar refractivity (Wildman–Crippen MR) is 121 cm³/mol. The van der Waals surface area contributed by atoms with Gasteiger partial charge in [-0.25, -0.2) is 13.1 Å². The van der Waals surface area contributed by atoms with E-state index in [1.54, 1.807) is 11.0 Å². The molecule has 0 aromatic heterocycles. The van der Waals surface area contributed by atoms with E-state index >= 15 is 0 Å². The van der Waals surface area contributed by atoms with Crippen molar-refractivity contribution in [1.82, 2.24) is 19.4 Å². The van der Waals surface area contributed by atoms with E-state index in [2.05, 4.69) is 9.62 Å². The Morgan fingerprint density at radius 2 is 1.52 bits per heavy atom. The van der Waals surface area contributed by atoms with E-state index in [-0.39, 0.29) is 29.7 Å². The van der Waals surface area contributed by atoms with E-state index in [1.807, 2.05) is 4.90 Å². The van der Waals surface area contributed by atoms with Crippen LogP contribution in [-0.4, -0.2) is 101 Å². The van der Waals surface area contributed by atoms with Crippen molar-refractivity contribution in [2.75, 3.05) is 65.6 Å². The maximum atomic E-state index is 12.6. The first kappa shape index (κ1) is 23.8. The summed E-state index contributed by atoms with van der Waals surface area (Å²) in [5, 5.41) is 0. The standard InChI is InChI=1S/C22H32N4O6S/c27-21(26-12-10-24(11-13-26)17-22(28)25-8-1-2-9-25)6-7-23-33(29,30)18-4-5-19-20(16-18)32-15-3-14-31-19/h4-5,16,23H,1-3,6-15,17H2. The zero-order valence-corrected chi connectivity index (χ0v) is 19.6. The lowest BCUT2D eigenvalue weighted by molar-refractivity contribution is -0.134. The first-order chi connectivity index (χ1) is 15.9.